The smallest absolute Gasteiger partial charge is 0.421 e. The Morgan fingerprint density at radius 2 is 1.79 bits per heavy atom. The van der Waals surface area contributed by atoms with Crippen LogP contribution >= 0.6 is 0 Å². The first kappa shape index (κ1) is 20.4. The van der Waals surface area contributed by atoms with E-state index in [-0.39, 0.29) is 23.9 Å². The van der Waals surface area contributed by atoms with Gasteiger partial charge in [-0.05, 0) is 43.2 Å². The lowest BCUT2D eigenvalue weighted by Gasteiger charge is -2.27. The van der Waals surface area contributed by atoms with E-state index in [1.807, 2.05) is 32.0 Å². The Balaban J connectivity index is 2.00. The predicted molar refractivity (Wildman–Crippen MR) is 103 cm³/mol. The molecule has 1 heterocycles. The first-order valence-corrected chi connectivity index (χ1v) is 9.71. The maximum absolute atomic E-state index is 13.6. The fraction of sp³-hybridized carbons (Fsp3) is 0.524. The van der Waals surface area contributed by atoms with Crippen LogP contribution in [0.2, 0.25) is 0 Å². The van der Waals surface area contributed by atoms with Gasteiger partial charge in [-0.25, -0.2) is 4.98 Å². The molecule has 1 aliphatic rings. The monoisotopic (exact) mass is 393 g/mol. The molecule has 1 aromatic heterocycles. The summed E-state index contributed by atoms with van der Waals surface area (Å²) in [5.74, 6) is -0.0332. The van der Waals surface area contributed by atoms with Crippen LogP contribution in [0.4, 0.5) is 24.7 Å². The molecular weight excluding hydrogens is 367 g/mol. The van der Waals surface area contributed by atoms with Gasteiger partial charge in [-0.2, -0.15) is 18.2 Å². The lowest BCUT2D eigenvalue weighted by molar-refractivity contribution is -0.137. The Kier molecular flexibility index (Phi) is 6.10. The van der Waals surface area contributed by atoms with E-state index >= 15 is 0 Å². The zero-order chi connectivity index (χ0) is 20.3. The minimum atomic E-state index is -4.56. The molecule has 28 heavy (non-hydrogen) atoms. The van der Waals surface area contributed by atoms with E-state index in [0.717, 1.165) is 43.9 Å². The van der Waals surface area contributed by atoms with Crippen LogP contribution in [0.1, 0.15) is 63.0 Å². The highest BCUT2D eigenvalue weighted by atomic mass is 19.4. The number of alkyl halides is 3. The molecule has 2 aromatic rings. The van der Waals surface area contributed by atoms with Crippen molar-refractivity contribution in [2.45, 2.75) is 64.1 Å². The van der Waals surface area contributed by atoms with Crippen molar-refractivity contribution in [3.8, 4) is 6.01 Å². The molecule has 0 radical (unpaired) electrons. The van der Waals surface area contributed by atoms with E-state index in [9.17, 15) is 13.2 Å². The Morgan fingerprint density at radius 1 is 1.11 bits per heavy atom. The van der Waals surface area contributed by atoms with E-state index in [1.165, 1.54) is 4.90 Å². The van der Waals surface area contributed by atoms with Crippen LogP contribution in [0.5, 0.6) is 6.01 Å². The zero-order valence-corrected chi connectivity index (χ0v) is 16.5. The highest BCUT2D eigenvalue weighted by Crippen LogP contribution is 2.39. The molecule has 7 heteroatoms. The third kappa shape index (κ3) is 4.56. The van der Waals surface area contributed by atoms with Gasteiger partial charge in [0.05, 0.1) is 0 Å². The topological polar surface area (TPSA) is 38.2 Å². The van der Waals surface area contributed by atoms with Crippen molar-refractivity contribution in [1.29, 1.82) is 0 Å². The minimum Gasteiger partial charge on any atom is -0.460 e. The molecule has 0 aliphatic heterocycles. The summed E-state index contributed by atoms with van der Waals surface area (Å²) >= 11 is 0. The van der Waals surface area contributed by atoms with Gasteiger partial charge in [-0.3, -0.25) is 0 Å². The lowest BCUT2D eigenvalue weighted by atomic mass is 9.98. The molecule has 0 N–H and O–H groups in total. The van der Waals surface area contributed by atoms with Crippen LogP contribution in [-0.4, -0.2) is 23.1 Å². The molecule has 1 saturated carbocycles. The average molecular weight is 393 g/mol. The van der Waals surface area contributed by atoms with Crippen molar-refractivity contribution < 1.29 is 17.9 Å². The third-order valence-electron chi connectivity index (χ3n) is 5.11. The van der Waals surface area contributed by atoms with Crippen LogP contribution in [-0.2, 0) is 6.18 Å². The second-order valence-electron chi connectivity index (χ2n) is 7.54. The lowest BCUT2D eigenvalue weighted by Crippen LogP contribution is -2.23. The maximum atomic E-state index is 13.6. The largest absolute Gasteiger partial charge is 0.460 e. The number of nitrogens with zero attached hydrogens (tertiary/aromatic N) is 3. The quantitative estimate of drug-likeness (QED) is 0.615. The van der Waals surface area contributed by atoms with E-state index in [2.05, 4.69) is 9.97 Å². The summed E-state index contributed by atoms with van der Waals surface area (Å²) in [6.07, 6.45) is 1.27. The van der Waals surface area contributed by atoms with Gasteiger partial charge in [0, 0.05) is 18.9 Å². The van der Waals surface area contributed by atoms with Crippen molar-refractivity contribution in [2.75, 3.05) is 11.9 Å². The number of anilines is 2. The van der Waals surface area contributed by atoms with Crippen molar-refractivity contribution in [1.82, 2.24) is 9.97 Å². The number of benzene rings is 1. The van der Waals surface area contributed by atoms with Gasteiger partial charge in [0.1, 0.15) is 11.7 Å². The number of hydrogen-bond acceptors (Lipinski definition) is 4. The molecule has 3 rings (SSSR count). The number of hydrogen-bond donors (Lipinski definition) is 0. The summed E-state index contributed by atoms with van der Waals surface area (Å²) in [4.78, 5) is 9.52. The molecule has 1 aliphatic carbocycles. The summed E-state index contributed by atoms with van der Waals surface area (Å²) in [6.45, 7) is 4.02. The molecular formula is C21H26F3N3O. The summed E-state index contributed by atoms with van der Waals surface area (Å²) < 4.78 is 46.7. The van der Waals surface area contributed by atoms with Gasteiger partial charge in [0.2, 0.25) is 0 Å². The van der Waals surface area contributed by atoms with Crippen LogP contribution in [0, 0.1) is 0 Å². The summed E-state index contributed by atoms with van der Waals surface area (Å²) in [5, 5.41) is 0. The van der Waals surface area contributed by atoms with Gasteiger partial charge < -0.3 is 9.64 Å². The van der Waals surface area contributed by atoms with Crippen LogP contribution in [0.25, 0.3) is 0 Å². The molecule has 4 nitrogen and oxygen atoms in total. The predicted octanol–water partition coefficient (Wildman–Crippen LogP) is 6.10. The van der Waals surface area contributed by atoms with E-state index in [1.54, 1.807) is 13.1 Å². The molecule has 0 atom stereocenters. The molecule has 0 unspecified atom stereocenters. The van der Waals surface area contributed by atoms with Gasteiger partial charge in [0.25, 0.3) is 0 Å². The minimum absolute atomic E-state index is 0.00350. The Morgan fingerprint density at radius 3 is 2.43 bits per heavy atom. The third-order valence-corrected chi connectivity index (χ3v) is 5.11. The second-order valence-corrected chi connectivity index (χ2v) is 7.54. The summed E-state index contributed by atoms with van der Waals surface area (Å²) in [5.41, 5.74) is 0.765. The molecule has 1 fully saturated rings. The number of rotatable bonds is 5. The Hall–Kier alpha value is -2.31. The fourth-order valence-electron chi connectivity index (χ4n) is 3.60. The average Bonchev–Trinajstić information content (AvgIpc) is 2.67. The standard InChI is InChI=1S/C21H26F3N3O/c1-14(2)16-11-7-8-12-18(16)27(3)19-17(21(22,23)24)13-25-20(26-19)28-15-9-5-4-6-10-15/h7-8,11-15H,4-6,9-10H2,1-3H3. The normalized spacial score (nSPS) is 15.7. The van der Waals surface area contributed by atoms with Crippen LogP contribution < -0.4 is 9.64 Å². The molecule has 0 bridgehead atoms. The number of halogens is 3. The molecule has 0 amide bonds. The molecule has 1 aromatic carbocycles. The van der Waals surface area contributed by atoms with E-state index in [4.69, 9.17) is 4.74 Å². The van der Waals surface area contributed by atoms with Gasteiger partial charge in [-0.1, -0.05) is 38.5 Å². The number of aromatic nitrogens is 2. The molecule has 0 spiro atoms. The van der Waals surface area contributed by atoms with Gasteiger partial charge >= 0.3 is 12.2 Å². The van der Waals surface area contributed by atoms with Gasteiger partial charge in [-0.15, -0.1) is 0 Å². The van der Waals surface area contributed by atoms with Gasteiger partial charge in [0.15, 0.2) is 5.82 Å². The van der Waals surface area contributed by atoms with Crippen LogP contribution in [0.15, 0.2) is 30.5 Å². The number of para-hydroxylation sites is 1. The maximum Gasteiger partial charge on any atom is 0.421 e. The van der Waals surface area contributed by atoms with Crippen LogP contribution in [0.3, 0.4) is 0 Å². The molecule has 0 saturated heterocycles. The first-order valence-electron chi connectivity index (χ1n) is 9.71. The molecule has 152 valence electrons. The zero-order valence-electron chi connectivity index (χ0n) is 16.5. The van der Waals surface area contributed by atoms with Crippen molar-refractivity contribution >= 4 is 11.5 Å². The Bertz CT molecular complexity index is 802. The second kappa shape index (κ2) is 8.37. The number of ether oxygens (including phenoxy) is 1. The summed E-state index contributed by atoms with van der Waals surface area (Å²) in [6, 6.07) is 7.42. The van der Waals surface area contributed by atoms with Crippen molar-refractivity contribution in [3.05, 3.63) is 41.6 Å². The Labute approximate surface area is 163 Å². The first-order chi connectivity index (χ1) is 13.3. The highest BCUT2D eigenvalue weighted by molar-refractivity contribution is 5.66. The SMILES string of the molecule is CC(C)c1ccccc1N(C)c1nc(OC2CCCCC2)ncc1C(F)(F)F. The summed E-state index contributed by atoms with van der Waals surface area (Å²) in [7, 11) is 1.60. The van der Waals surface area contributed by atoms with E-state index in [0.29, 0.717) is 5.69 Å². The van der Waals surface area contributed by atoms with Crippen molar-refractivity contribution in [3.63, 3.8) is 0 Å². The van der Waals surface area contributed by atoms with E-state index < -0.39 is 11.7 Å². The fourth-order valence-corrected chi connectivity index (χ4v) is 3.60. The highest BCUT2D eigenvalue weighted by Gasteiger charge is 2.37. The van der Waals surface area contributed by atoms with Crippen molar-refractivity contribution in [2.24, 2.45) is 0 Å².